The molecule has 0 aliphatic carbocycles. The van der Waals surface area contributed by atoms with Gasteiger partial charge in [0.2, 0.25) is 0 Å². The van der Waals surface area contributed by atoms with Gasteiger partial charge in [-0.15, -0.1) is 0 Å². The number of para-hydroxylation sites is 1. The van der Waals surface area contributed by atoms with Crippen LogP contribution in [0.4, 0.5) is 0 Å². The Morgan fingerprint density at radius 3 is 2.59 bits per heavy atom. The summed E-state index contributed by atoms with van der Waals surface area (Å²) in [5, 5.41) is 9.71. The van der Waals surface area contributed by atoms with Gasteiger partial charge in [0.25, 0.3) is 0 Å². The average molecular weight is 314 g/mol. The lowest BCUT2D eigenvalue weighted by Crippen LogP contribution is -1.91. The van der Waals surface area contributed by atoms with E-state index in [1.807, 2.05) is 24.3 Å². The van der Waals surface area contributed by atoms with Crippen molar-refractivity contribution in [2.75, 3.05) is 0 Å². The number of hydrogen-bond donors (Lipinski definition) is 1. The number of aliphatic hydroxyl groups is 1. The molecular formula is C13H10BrClO2. The Labute approximate surface area is 113 Å². The molecule has 88 valence electrons. The minimum Gasteiger partial charge on any atom is -0.455 e. The van der Waals surface area contributed by atoms with Crippen molar-refractivity contribution >= 4 is 27.5 Å². The van der Waals surface area contributed by atoms with Crippen LogP contribution in [0, 0.1) is 0 Å². The summed E-state index contributed by atoms with van der Waals surface area (Å²) < 4.78 is 6.57. The molecule has 2 aromatic rings. The van der Waals surface area contributed by atoms with Crippen LogP contribution >= 0.6 is 27.5 Å². The predicted octanol–water partition coefficient (Wildman–Crippen LogP) is 4.39. The van der Waals surface area contributed by atoms with E-state index < -0.39 is 0 Å². The van der Waals surface area contributed by atoms with Gasteiger partial charge in [-0.3, -0.25) is 0 Å². The zero-order valence-corrected chi connectivity index (χ0v) is 11.2. The second-order valence-corrected chi connectivity index (χ2v) is 4.77. The summed E-state index contributed by atoms with van der Waals surface area (Å²) in [4.78, 5) is 0. The van der Waals surface area contributed by atoms with E-state index in [9.17, 15) is 5.11 Å². The molecule has 17 heavy (non-hydrogen) atoms. The Bertz CT molecular complexity index is 529. The molecule has 2 nitrogen and oxygen atoms in total. The molecular weight excluding hydrogens is 303 g/mol. The third-order valence-electron chi connectivity index (χ3n) is 2.26. The van der Waals surface area contributed by atoms with Gasteiger partial charge < -0.3 is 9.84 Å². The molecule has 0 aliphatic heterocycles. The SMILES string of the molecule is OCc1ccccc1Oc1ccc(Br)cc1Cl. The smallest absolute Gasteiger partial charge is 0.146 e. The molecule has 2 rings (SSSR count). The Kier molecular flexibility index (Phi) is 4.05. The van der Waals surface area contributed by atoms with E-state index in [-0.39, 0.29) is 6.61 Å². The van der Waals surface area contributed by atoms with E-state index in [0.717, 1.165) is 10.0 Å². The van der Waals surface area contributed by atoms with Gasteiger partial charge >= 0.3 is 0 Å². The van der Waals surface area contributed by atoms with Gasteiger partial charge in [-0.25, -0.2) is 0 Å². The van der Waals surface area contributed by atoms with Crippen LogP contribution in [0.2, 0.25) is 5.02 Å². The Morgan fingerprint density at radius 2 is 1.88 bits per heavy atom. The highest BCUT2D eigenvalue weighted by Crippen LogP contribution is 2.33. The van der Waals surface area contributed by atoms with Crippen molar-refractivity contribution in [3.8, 4) is 11.5 Å². The maximum absolute atomic E-state index is 9.19. The van der Waals surface area contributed by atoms with Crippen LogP contribution in [-0.4, -0.2) is 5.11 Å². The number of ether oxygens (including phenoxy) is 1. The van der Waals surface area contributed by atoms with Crippen LogP contribution in [0.3, 0.4) is 0 Å². The van der Waals surface area contributed by atoms with Crippen LogP contribution < -0.4 is 4.74 Å². The van der Waals surface area contributed by atoms with Crippen molar-refractivity contribution in [1.29, 1.82) is 0 Å². The molecule has 0 spiro atoms. The number of rotatable bonds is 3. The third-order valence-corrected chi connectivity index (χ3v) is 3.05. The van der Waals surface area contributed by atoms with Gasteiger partial charge in [-0.2, -0.15) is 0 Å². The van der Waals surface area contributed by atoms with E-state index in [2.05, 4.69) is 15.9 Å². The molecule has 0 unspecified atom stereocenters. The number of benzene rings is 2. The van der Waals surface area contributed by atoms with E-state index in [1.54, 1.807) is 18.2 Å². The molecule has 0 bridgehead atoms. The predicted molar refractivity (Wildman–Crippen MR) is 71.6 cm³/mol. The van der Waals surface area contributed by atoms with Crippen molar-refractivity contribution in [1.82, 2.24) is 0 Å². The summed E-state index contributed by atoms with van der Waals surface area (Å²) in [6.45, 7) is -0.0652. The molecule has 0 aromatic heterocycles. The summed E-state index contributed by atoms with van der Waals surface area (Å²) in [5.74, 6) is 1.18. The lowest BCUT2D eigenvalue weighted by atomic mass is 10.2. The Morgan fingerprint density at radius 1 is 1.12 bits per heavy atom. The minimum atomic E-state index is -0.0652. The zero-order valence-electron chi connectivity index (χ0n) is 8.86. The quantitative estimate of drug-likeness (QED) is 0.911. The Balaban J connectivity index is 2.31. The molecule has 0 aliphatic rings. The van der Waals surface area contributed by atoms with Crippen molar-refractivity contribution in [2.24, 2.45) is 0 Å². The zero-order chi connectivity index (χ0) is 12.3. The van der Waals surface area contributed by atoms with E-state index in [0.29, 0.717) is 16.5 Å². The molecule has 0 saturated heterocycles. The first-order chi connectivity index (χ1) is 8.20. The first-order valence-corrected chi connectivity index (χ1v) is 6.19. The van der Waals surface area contributed by atoms with Crippen LogP contribution in [0.15, 0.2) is 46.9 Å². The first kappa shape index (κ1) is 12.4. The molecule has 0 radical (unpaired) electrons. The number of halogens is 2. The third kappa shape index (κ3) is 3.00. The molecule has 0 fully saturated rings. The van der Waals surface area contributed by atoms with Gasteiger partial charge in [0.15, 0.2) is 0 Å². The van der Waals surface area contributed by atoms with Gasteiger partial charge in [0, 0.05) is 10.0 Å². The highest BCUT2D eigenvalue weighted by atomic mass is 79.9. The lowest BCUT2D eigenvalue weighted by Gasteiger charge is -2.10. The molecule has 0 amide bonds. The summed E-state index contributed by atoms with van der Waals surface area (Å²) in [5.41, 5.74) is 0.728. The fourth-order valence-corrected chi connectivity index (χ4v) is 2.12. The lowest BCUT2D eigenvalue weighted by molar-refractivity contribution is 0.276. The van der Waals surface area contributed by atoms with Crippen molar-refractivity contribution in [3.05, 3.63) is 57.5 Å². The molecule has 4 heteroatoms. The normalized spacial score (nSPS) is 10.3. The summed E-state index contributed by atoms with van der Waals surface area (Å²) in [7, 11) is 0. The number of aliphatic hydroxyl groups excluding tert-OH is 1. The highest BCUT2D eigenvalue weighted by Gasteiger charge is 2.06. The maximum Gasteiger partial charge on any atom is 0.146 e. The molecule has 0 heterocycles. The van der Waals surface area contributed by atoms with Crippen LogP contribution in [0.1, 0.15) is 5.56 Å². The van der Waals surface area contributed by atoms with Crippen LogP contribution in [0.5, 0.6) is 11.5 Å². The second-order valence-electron chi connectivity index (χ2n) is 3.44. The fourth-order valence-electron chi connectivity index (χ4n) is 1.41. The largest absolute Gasteiger partial charge is 0.455 e. The standard InChI is InChI=1S/C13H10BrClO2/c14-10-5-6-13(11(15)7-10)17-12-4-2-1-3-9(12)8-16/h1-7,16H,8H2. The second kappa shape index (κ2) is 5.54. The highest BCUT2D eigenvalue weighted by molar-refractivity contribution is 9.10. The maximum atomic E-state index is 9.19. The van der Waals surface area contributed by atoms with Crippen LogP contribution in [0.25, 0.3) is 0 Å². The molecule has 1 N–H and O–H groups in total. The van der Waals surface area contributed by atoms with E-state index >= 15 is 0 Å². The molecule has 2 aromatic carbocycles. The monoisotopic (exact) mass is 312 g/mol. The van der Waals surface area contributed by atoms with Crippen molar-refractivity contribution in [2.45, 2.75) is 6.61 Å². The van der Waals surface area contributed by atoms with E-state index in [1.165, 1.54) is 0 Å². The fraction of sp³-hybridized carbons (Fsp3) is 0.0769. The number of hydrogen-bond acceptors (Lipinski definition) is 2. The van der Waals surface area contributed by atoms with Crippen molar-refractivity contribution < 1.29 is 9.84 Å². The van der Waals surface area contributed by atoms with Crippen molar-refractivity contribution in [3.63, 3.8) is 0 Å². The molecule has 0 atom stereocenters. The van der Waals surface area contributed by atoms with E-state index in [4.69, 9.17) is 16.3 Å². The first-order valence-electron chi connectivity index (χ1n) is 5.02. The minimum absolute atomic E-state index is 0.0652. The molecule has 0 saturated carbocycles. The Hall–Kier alpha value is -1.03. The topological polar surface area (TPSA) is 29.5 Å². The summed E-state index contributed by atoms with van der Waals surface area (Å²) in [6, 6.07) is 12.7. The van der Waals surface area contributed by atoms with Gasteiger partial charge in [0.1, 0.15) is 11.5 Å². The van der Waals surface area contributed by atoms with Gasteiger partial charge in [-0.1, -0.05) is 45.7 Å². The van der Waals surface area contributed by atoms with Gasteiger partial charge in [0.05, 0.1) is 11.6 Å². The average Bonchev–Trinajstić information content (AvgIpc) is 2.33. The summed E-state index contributed by atoms with van der Waals surface area (Å²) >= 11 is 9.39. The van der Waals surface area contributed by atoms with Crippen LogP contribution in [-0.2, 0) is 6.61 Å². The van der Waals surface area contributed by atoms with Gasteiger partial charge in [-0.05, 0) is 24.3 Å². The summed E-state index contributed by atoms with van der Waals surface area (Å²) in [6.07, 6.45) is 0.